The van der Waals surface area contributed by atoms with Crippen LogP contribution in [-0.2, 0) is 11.2 Å². The number of nitrogens with one attached hydrogen (secondary N) is 2. The molecule has 3 amide bonds. The third-order valence-electron chi connectivity index (χ3n) is 3.84. The Morgan fingerprint density at radius 1 is 1.28 bits per heavy atom. The Morgan fingerprint density at radius 3 is 2.84 bits per heavy atom. The molecule has 3 heterocycles. The van der Waals surface area contributed by atoms with E-state index in [1.54, 1.807) is 6.20 Å². The van der Waals surface area contributed by atoms with Crippen LogP contribution in [-0.4, -0.2) is 51.4 Å². The number of carbonyl (C=O) groups excluding carboxylic acids is 2. The van der Waals surface area contributed by atoms with Crippen molar-refractivity contribution in [2.75, 3.05) is 25.0 Å². The number of anilines is 1. The summed E-state index contributed by atoms with van der Waals surface area (Å²) in [6.07, 6.45) is 3.14. The minimum absolute atomic E-state index is 0.0888. The predicted molar refractivity (Wildman–Crippen MR) is 92.9 cm³/mol. The first-order chi connectivity index (χ1) is 12.2. The number of nitrogens with zero attached hydrogens (tertiary/aromatic N) is 4. The van der Waals surface area contributed by atoms with E-state index in [2.05, 4.69) is 25.6 Å². The highest BCUT2D eigenvalue weighted by molar-refractivity contribution is 6.01. The maximum Gasteiger partial charge on any atom is 0.324 e. The molecule has 0 bridgehead atoms. The van der Waals surface area contributed by atoms with Gasteiger partial charge in [-0.15, -0.1) is 0 Å². The van der Waals surface area contributed by atoms with E-state index in [-0.39, 0.29) is 18.5 Å². The summed E-state index contributed by atoms with van der Waals surface area (Å²) < 4.78 is 0. The fraction of sp³-hybridized carbons (Fsp3) is 0.353. The summed E-state index contributed by atoms with van der Waals surface area (Å²) in [5.41, 5.74) is 1.65. The number of urea groups is 1. The fourth-order valence-corrected chi connectivity index (χ4v) is 2.51. The van der Waals surface area contributed by atoms with E-state index in [1.165, 1.54) is 4.90 Å². The quantitative estimate of drug-likeness (QED) is 0.584. The third kappa shape index (κ3) is 4.09. The van der Waals surface area contributed by atoms with Gasteiger partial charge in [0.05, 0.1) is 6.54 Å². The van der Waals surface area contributed by atoms with Crippen LogP contribution in [0.5, 0.6) is 0 Å². The standard InChI is InChI=1S/C17H20N6O2/c1-2-12-10-14(22-16(21-12)13-6-3-4-7-18-13)19-8-5-9-23-15(24)11-20-17(23)25/h3-4,6-7,10H,2,5,8-9,11H2,1H3,(H,20,25)(H,19,21,22). The van der Waals surface area contributed by atoms with Crippen molar-refractivity contribution in [3.63, 3.8) is 0 Å². The Kier molecular flexibility index (Phi) is 5.17. The van der Waals surface area contributed by atoms with Gasteiger partial charge in [-0.2, -0.15) is 0 Å². The highest BCUT2D eigenvalue weighted by atomic mass is 16.2. The monoisotopic (exact) mass is 340 g/mol. The number of imide groups is 1. The zero-order chi connectivity index (χ0) is 17.6. The molecule has 130 valence electrons. The number of carbonyl (C=O) groups is 2. The zero-order valence-corrected chi connectivity index (χ0v) is 14.0. The van der Waals surface area contributed by atoms with E-state index in [9.17, 15) is 9.59 Å². The molecule has 8 nitrogen and oxygen atoms in total. The first kappa shape index (κ1) is 16.8. The van der Waals surface area contributed by atoms with E-state index >= 15 is 0 Å². The number of amides is 3. The summed E-state index contributed by atoms with van der Waals surface area (Å²) in [5.74, 6) is 1.11. The van der Waals surface area contributed by atoms with E-state index in [0.717, 1.165) is 17.8 Å². The molecule has 0 saturated carbocycles. The molecule has 0 aliphatic carbocycles. The second kappa shape index (κ2) is 7.69. The summed E-state index contributed by atoms with van der Waals surface area (Å²) in [5, 5.41) is 5.74. The van der Waals surface area contributed by atoms with Crippen molar-refractivity contribution in [2.45, 2.75) is 19.8 Å². The van der Waals surface area contributed by atoms with Gasteiger partial charge in [0, 0.05) is 31.0 Å². The number of aryl methyl sites for hydroxylation is 1. The molecule has 2 N–H and O–H groups in total. The molecule has 0 atom stereocenters. The molecular formula is C17H20N6O2. The summed E-state index contributed by atoms with van der Waals surface area (Å²) in [7, 11) is 0. The van der Waals surface area contributed by atoms with Crippen LogP contribution in [0.4, 0.5) is 10.6 Å². The molecule has 8 heteroatoms. The smallest absolute Gasteiger partial charge is 0.324 e. The van der Waals surface area contributed by atoms with E-state index in [1.807, 2.05) is 31.2 Å². The molecule has 1 aliphatic heterocycles. The van der Waals surface area contributed by atoms with Gasteiger partial charge in [0.1, 0.15) is 11.5 Å². The van der Waals surface area contributed by atoms with Crippen LogP contribution in [0.15, 0.2) is 30.5 Å². The van der Waals surface area contributed by atoms with Gasteiger partial charge >= 0.3 is 6.03 Å². The molecule has 0 aromatic carbocycles. The largest absolute Gasteiger partial charge is 0.370 e. The lowest BCUT2D eigenvalue weighted by Gasteiger charge is -2.13. The van der Waals surface area contributed by atoms with Crippen LogP contribution in [0.3, 0.4) is 0 Å². The minimum Gasteiger partial charge on any atom is -0.370 e. The van der Waals surface area contributed by atoms with Crippen LogP contribution in [0, 0.1) is 0 Å². The van der Waals surface area contributed by atoms with Crippen molar-refractivity contribution in [3.05, 3.63) is 36.2 Å². The van der Waals surface area contributed by atoms with Gasteiger partial charge in [-0.3, -0.25) is 14.7 Å². The lowest BCUT2D eigenvalue weighted by molar-refractivity contribution is -0.124. The van der Waals surface area contributed by atoms with Gasteiger partial charge in [-0.1, -0.05) is 13.0 Å². The van der Waals surface area contributed by atoms with Gasteiger partial charge in [0.25, 0.3) is 0 Å². The van der Waals surface area contributed by atoms with Crippen molar-refractivity contribution < 1.29 is 9.59 Å². The zero-order valence-electron chi connectivity index (χ0n) is 14.0. The molecule has 3 rings (SSSR count). The van der Waals surface area contributed by atoms with Crippen LogP contribution < -0.4 is 10.6 Å². The Bertz CT molecular complexity index is 749. The van der Waals surface area contributed by atoms with Crippen LogP contribution >= 0.6 is 0 Å². The van der Waals surface area contributed by atoms with E-state index in [4.69, 9.17) is 0 Å². The van der Waals surface area contributed by atoms with Crippen molar-refractivity contribution in [1.29, 1.82) is 0 Å². The fourth-order valence-electron chi connectivity index (χ4n) is 2.51. The average molecular weight is 340 g/mol. The first-order valence-corrected chi connectivity index (χ1v) is 8.29. The highest BCUT2D eigenvalue weighted by Gasteiger charge is 2.27. The number of hydrogen-bond donors (Lipinski definition) is 2. The molecule has 1 saturated heterocycles. The predicted octanol–water partition coefficient (Wildman–Crippen LogP) is 1.45. The second-order valence-corrected chi connectivity index (χ2v) is 5.62. The molecule has 2 aromatic rings. The summed E-state index contributed by atoms with van der Waals surface area (Å²) in [6.45, 7) is 3.10. The van der Waals surface area contributed by atoms with Gasteiger partial charge in [-0.05, 0) is 25.0 Å². The average Bonchev–Trinajstić information content (AvgIpc) is 2.97. The number of rotatable bonds is 7. The molecule has 1 fully saturated rings. The Hall–Kier alpha value is -3.03. The number of aromatic nitrogens is 3. The maximum absolute atomic E-state index is 11.5. The summed E-state index contributed by atoms with van der Waals surface area (Å²) in [6, 6.07) is 7.20. The molecule has 25 heavy (non-hydrogen) atoms. The van der Waals surface area contributed by atoms with Crippen LogP contribution in [0.2, 0.25) is 0 Å². The lowest BCUT2D eigenvalue weighted by atomic mass is 10.2. The first-order valence-electron chi connectivity index (χ1n) is 8.29. The van der Waals surface area contributed by atoms with Gasteiger partial charge < -0.3 is 10.6 Å². The SMILES string of the molecule is CCc1cc(NCCCN2C(=O)CNC2=O)nc(-c2ccccn2)n1. The van der Waals surface area contributed by atoms with Crippen molar-refractivity contribution in [2.24, 2.45) is 0 Å². The van der Waals surface area contributed by atoms with Crippen molar-refractivity contribution in [1.82, 2.24) is 25.2 Å². The molecule has 0 spiro atoms. The topological polar surface area (TPSA) is 100 Å². The maximum atomic E-state index is 11.5. The van der Waals surface area contributed by atoms with E-state index < -0.39 is 0 Å². The minimum atomic E-state index is -0.322. The number of pyridine rings is 1. The molecule has 0 unspecified atom stereocenters. The summed E-state index contributed by atoms with van der Waals surface area (Å²) in [4.78, 5) is 37.6. The third-order valence-corrected chi connectivity index (χ3v) is 3.84. The normalized spacial score (nSPS) is 13.9. The van der Waals surface area contributed by atoms with Crippen molar-refractivity contribution >= 4 is 17.8 Å². The molecule has 2 aromatic heterocycles. The molecule has 0 radical (unpaired) electrons. The Labute approximate surface area is 145 Å². The highest BCUT2D eigenvalue weighted by Crippen LogP contribution is 2.16. The summed E-state index contributed by atoms with van der Waals surface area (Å²) >= 11 is 0. The Balaban J connectivity index is 1.62. The van der Waals surface area contributed by atoms with Crippen LogP contribution in [0.25, 0.3) is 11.5 Å². The Morgan fingerprint density at radius 2 is 2.16 bits per heavy atom. The van der Waals surface area contributed by atoms with Crippen LogP contribution in [0.1, 0.15) is 19.0 Å². The van der Waals surface area contributed by atoms with E-state index in [0.29, 0.717) is 31.2 Å². The second-order valence-electron chi connectivity index (χ2n) is 5.62. The van der Waals surface area contributed by atoms with Gasteiger partial charge in [0.15, 0.2) is 5.82 Å². The number of hydrogen-bond acceptors (Lipinski definition) is 6. The van der Waals surface area contributed by atoms with Gasteiger partial charge in [-0.25, -0.2) is 14.8 Å². The molecule has 1 aliphatic rings. The van der Waals surface area contributed by atoms with Gasteiger partial charge in [0.2, 0.25) is 5.91 Å². The molecular weight excluding hydrogens is 320 g/mol. The van der Waals surface area contributed by atoms with Crippen molar-refractivity contribution in [3.8, 4) is 11.5 Å². The lowest BCUT2D eigenvalue weighted by Crippen LogP contribution is -2.32.